The molecule has 0 aliphatic carbocycles. The van der Waals surface area contributed by atoms with Crippen LogP contribution in [0.3, 0.4) is 0 Å². The molecule has 0 saturated heterocycles. The Bertz CT molecular complexity index is 857. The largest absolute Gasteiger partial charge is 0.306 e. The minimum absolute atomic E-state index is 0.599. The molecule has 0 fully saturated rings. The molecule has 4 aromatic rings. The summed E-state index contributed by atoms with van der Waals surface area (Å²) in [6.07, 6.45) is 3.66. The van der Waals surface area contributed by atoms with Crippen LogP contribution in [0.15, 0.2) is 65.7 Å². The molecule has 0 atom stereocenters. The van der Waals surface area contributed by atoms with Gasteiger partial charge in [-0.2, -0.15) is 0 Å². The topological polar surface area (TPSA) is 30.7 Å². The highest BCUT2D eigenvalue weighted by Crippen LogP contribution is 2.31. The van der Waals surface area contributed by atoms with Crippen molar-refractivity contribution in [1.29, 1.82) is 0 Å². The minimum Gasteiger partial charge on any atom is -0.306 e. The van der Waals surface area contributed by atoms with E-state index in [1.54, 1.807) is 0 Å². The quantitative estimate of drug-likeness (QED) is 0.488. The van der Waals surface area contributed by atoms with Crippen LogP contribution in [0, 0.1) is 0 Å². The molecule has 0 saturated carbocycles. The predicted octanol–water partition coefficient (Wildman–Crippen LogP) is 4.34. The molecule has 2 heterocycles. The van der Waals surface area contributed by atoms with Gasteiger partial charge in [0.25, 0.3) is 0 Å². The molecule has 0 aliphatic heterocycles. The van der Waals surface area contributed by atoms with E-state index in [9.17, 15) is 0 Å². The summed E-state index contributed by atoms with van der Waals surface area (Å²) in [7, 11) is 0. The van der Waals surface area contributed by atoms with Crippen molar-refractivity contribution in [3.05, 3.63) is 65.7 Å². The van der Waals surface area contributed by atoms with Crippen LogP contribution in [0.25, 0.3) is 27.5 Å². The summed E-state index contributed by atoms with van der Waals surface area (Å²) in [5.41, 5.74) is 3.30. The van der Waals surface area contributed by atoms with Crippen molar-refractivity contribution in [3.8, 4) is 5.69 Å². The fourth-order valence-electron chi connectivity index (χ4n) is 2.62. The van der Waals surface area contributed by atoms with E-state index in [0.717, 1.165) is 5.69 Å². The molecule has 0 amide bonds. The van der Waals surface area contributed by atoms with Crippen molar-refractivity contribution in [1.82, 2.24) is 14.5 Å². The second-order valence-electron chi connectivity index (χ2n) is 4.58. The number of hydrogen-bond acceptors (Lipinski definition) is 2. The summed E-state index contributed by atoms with van der Waals surface area (Å²) in [5, 5.41) is 2.48. The molecule has 3 nitrogen and oxygen atoms in total. The Labute approximate surface area is 124 Å². The third kappa shape index (κ3) is 1.65. The average molecular weight is 324 g/mol. The van der Waals surface area contributed by atoms with Crippen LogP contribution in [0.5, 0.6) is 0 Å². The number of nitrogens with zero attached hydrogens (tertiary/aromatic N) is 3. The Morgan fingerprint density at radius 2 is 1.25 bits per heavy atom. The summed E-state index contributed by atoms with van der Waals surface area (Å²) < 4.78 is 2.79. The first-order valence-electron chi connectivity index (χ1n) is 6.31. The van der Waals surface area contributed by atoms with Crippen molar-refractivity contribution >= 4 is 37.7 Å². The number of halogens is 1. The van der Waals surface area contributed by atoms with Gasteiger partial charge in [0, 0.05) is 10.8 Å². The van der Waals surface area contributed by atoms with Gasteiger partial charge >= 0.3 is 0 Å². The lowest BCUT2D eigenvalue weighted by atomic mass is 10.2. The molecule has 0 aliphatic rings. The van der Waals surface area contributed by atoms with Gasteiger partial charge in [-0.05, 0) is 28.1 Å². The summed E-state index contributed by atoms with van der Waals surface area (Å²) in [5.74, 6) is 0. The molecule has 0 spiro atoms. The molecule has 4 rings (SSSR count). The zero-order chi connectivity index (χ0) is 13.5. The van der Waals surface area contributed by atoms with Gasteiger partial charge in [0.15, 0.2) is 4.73 Å². The number of aromatic nitrogens is 3. The second kappa shape index (κ2) is 4.42. The Balaban J connectivity index is 2.17. The molecule has 2 aromatic carbocycles. The normalized spacial score (nSPS) is 11.2. The van der Waals surface area contributed by atoms with Crippen LogP contribution in [0.1, 0.15) is 0 Å². The Hall–Kier alpha value is -2.20. The molecule has 0 bridgehead atoms. The van der Waals surface area contributed by atoms with Gasteiger partial charge in [0.1, 0.15) is 0 Å². The second-order valence-corrected chi connectivity index (χ2v) is 5.29. The van der Waals surface area contributed by atoms with Crippen molar-refractivity contribution in [2.24, 2.45) is 0 Å². The van der Waals surface area contributed by atoms with E-state index in [4.69, 9.17) is 0 Å². The minimum atomic E-state index is 0.599. The van der Waals surface area contributed by atoms with Gasteiger partial charge in [-0.3, -0.25) is 0 Å². The maximum Gasteiger partial charge on any atom is 0.196 e. The molecule has 0 N–H and O–H groups in total. The lowest BCUT2D eigenvalue weighted by Gasteiger charge is -2.06. The highest BCUT2D eigenvalue weighted by atomic mass is 79.9. The van der Waals surface area contributed by atoms with Gasteiger partial charge in [-0.15, -0.1) is 0 Å². The number of fused-ring (bicyclic) bond motifs is 3. The zero-order valence-electron chi connectivity index (χ0n) is 10.5. The van der Waals surface area contributed by atoms with E-state index in [2.05, 4.69) is 79.0 Å². The molecule has 0 radical (unpaired) electrons. The van der Waals surface area contributed by atoms with Crippen LogP contribution < -0.4 is 0 Å². The summed E-state index contributed by atoms with van der Waals surface area (Å²) in [4.78, 5) is 8.47. The van der Waals surface area contributed by atoms with Crippen LogP contribution >= 0.6 is 15.9 Å². The van der Waals surface area contributed by atoms with E-state index in [0.29, 0.717) is 4.73 Å². The molecular weight excluding hydrogens is 314 g/mol. The van der Waals surface area contributed by atoms with E-state index in [-0.39, 0.29) is 0 Å². The van der Waals surface area contributed by atoms with Crippen molar-refractivity contribution < 1.29 is 0 Å². The Kier molecular flexibility index (Phi) is 2.57. The number of benzene rings is 2. The predicted molar refractivity (Wildman–Crippen MR) is 84.1 cm³/mol. The van der Waals surface area contributed by atoms with Crippen molar-refractivity contribution in [3.63, 3.8) is 0 Å². The molecular formula is C16H10BrN3. The number of hydrogen-bond donors (Lipinski definition) is 0. The molecule has 0 unspecified atom stereocenters. The highest BCUT2D eigenvalue weighted by Gasteiger charge is 2.11. The molecule has 4 heteroatoms. The van der Waals surface area contributed by atoms with Gasteiger partial charge in [-0.1, -0.05) is 36.4 Å². The van der Waals surface area contributed by atoms with E-state index >= 15 is 0 Å². The van der Waals surface area contributed by atoms with Crippen LogP contribution in [-0.2, 0) is 0 Å². The van der Waals surface area contributed by atoms with Gasteiger partial charge < -0.3 is 4.57 Å². The molecule has 96 valence electrons. The summed E-state index contributed by atoms with van der Waals surface area (Å²) in [6.45, 7) is 0. The van der Waals surface area contributed by atoms with Gasteiger partial charge in [0.05, 0.1) is 29.1 Å². The van der Waals surface area contributed by atoms with Crippen molar-refractivity contribution in [2.75, 3.05) is 0 Å². The average Bonchev–Trinajstić information content (AvgIpc) is 2.83. The lowest BCUT2D eigenvalue weighted by molar-refractivity contribution is 1.04. The number of rotatable bonds is 1. The smallest absolute Gasteiger partial charge is 0.196 e. The number of para-hydroxylation sites is 2. The summed E-state index contributed by atoms with van der Waals surface area (Å²) in [6, 6.07) is 16.8. The fourth-order valence-corrected chi connectivity index (χ4v) is 2.83. The van der Waals surface area contributed by atoms with Crippen LogP contribution in [-0.4, -0.2) is 14.5 Å². The first-order chi connectivity index (χ1) is 9.84. The van der Waals surface area contributed by atoms with E-state index in [1.165, 1.54) is 21.8 Å². The van der Waals surface area contributed by atoms with Crippen LogP contribution in [0.4, 0.5) is 0 Å². The van der Waals surface area contributed by atoms with E-state index < -0.39 is 0 Å². The zero-order valence-corrected chi connectivity index (χ0v) is 12.1. The standard InChI is InChI=1S/C16H10BrN3/c17-16-18-9-11(10-19-16)20-14-7-3-1-5-12(14)13-6-2-4-8-15(13)20/h1-10H. The Morgan fingerprint density at radius 3 is 1.80 bits per heavy atom. The van der Waals surface area contributed by atoms with Gasteiger partial charge in [-0.25, -0.2) is 9.97 Å². The van der Waals surface area contributed by atoms with Crippen LogP contribution in [0.2, 0.25) is 0 Å². The Morgan fingerprint density at radius 1 is 0.750 bits per heavy atom. The third-order valence-corrected chi connectivity index (χ3v) is 3.85. The van der Waals surface area contributed by atoms with Crippen molar-refractivity contribution in [2.45, 2.75) is 0 Å². The SMILES string of the molecule is Brc1ncc(-n2c3ccccc3c3ccccc32)cn1. The molecule has 2 aromatic heterocycles. The van der Waals surface area contributed by atoms with Gasteiger partial charge in [0.2, 0.25) is 0 Å². The maximum atomic E-state index is 4.23. The lowest BCUT2D eigenvalue weighted by Crippen LogP contribution is -1.96. The fraction of sp³-hybridized carbons (Fsp3) is 0. The molecule has 20 heavy (non-hydrogen) atoms. The third-order valence-electron chi connectivity index (χ3n) is 3.44. The first kappa shape index (κ1) is 11.6. The highest BCUT2D eigenvalue weighted by molar-refractivity contribution is 9.10. The maximum absolute atomic E-state index is 4.23. The first-order valence-corrected chi connectivity index (χ1v) is 7.10. The monoisotopic (exact) mass is 323 g/mol. The summed E-state index contributed by atoms with van der Waals surface area (Å²) >= 11 is 3.28. The van der Waals surface area contributed by atoms with E-state index in [1.807, 2.05) is 12.4 Å².